The van der Waals surface area contributed by atoms with Crippen molar-refractivity contribution >= 4 is 21.6 Å². The number of thiazole rings is 1. The van der Waals surface area contributed by atoms with Gasteiger partial charge in [-0.15, -0.1) is 11.3 Å². The first kappa shape index (κ1) is 16.4. The number of fused-ring (bicyclic) bond motifs is 1. The van der Waals surface area contributed by atoms with Crippen molar-refractivity contribution in [2.24, 2.45) is 0 Å². The molecule has 0 unspecified atom stereocenters. The first-order valence-corrected chi connectivity index (χ1v) is 7.82. The van der Waals surface area contributed by atoms with Gasteiger partial charge in [0.25, 0.3) is 0 Å². The zero-order valence-corrected chi connectivity index (χ0v) is 13.8. The van der Waals surface area contributed by atoms with Crippen LogP contribution in [0.5, 0.6) is 0 Å². The van der Waals surface area contributed by atoms with Crippen LogP contribution in [0.25, 0.3) is 10.2 Å². The van der Waals surface area contributed by atoms with Gasteiger partial charge in [0.15, 0.2) is 0 Å². The minimum atomic E-state index is 1.12. The van der Waals surface area contributed by atoms with E-state index in [4.69, 9.17) is 0 Å². The van der Waals surface area contributed by atoms with Crippen LogP contribution >= 0.6 is 11.3 Å². The van der Waals surface area contributed by atoms with Gasteiger partial charge in [-0.25, -0.2) is 4.98 Å². The second-order valence-corrected chi connectivity index (χ2v) is 5.59. The third-order valence-corrected chi connectivity index (χ3v) is 3.52. The molecule has 3 rings (SSSR count). The van der Waals surface area contributed by atoms with E-state index in [1.807, 2.05) is 39.0 Å². The fourth-order valence-corrected chi connectivity index (χ4v) is 2.61. The molecule has 0 saturated carbocycles. The SMILES string of the molecule is CC.Cc1ccc2nc(C)sc2c1.Cc1ccccc1. The van der Waals surface area contributed by atoms with Gasteiger partial charge in [-0.2, -0.15) is 0 Å². The fraction of sp³-hybridized carbons (Fsp3) is 0.278. The zero-order chi connectivity index (χ0) is 15.0. The Balaban J connectivity index is 0.000000193. The van der Waals surface area contributed by atoms with Crippen molar-refractivity contribution in [1.82, 2.24) is 4.98 Å². The Morgan fingerprint density at radius 3 is 2.00 bits per heavy atom. The highest BCUT2D eigenvalue weighted by molar-refractivity contribution is 7.18. The average molecular weight is 285 g/mol. The smallest absolute Gasteiger partial charge is 0.0907 e. The molecule has 3 aromatic rings. The number of hydrogen-bond donors (Lipinski definition) is 0. The van der Waals surface area contributed by atoms with Gasteiger partial charge in [-0.05, 0) is 38.5 Å². The molecule has 0 radical (unpaired) electrons. The van der Waals surface area contributed by atoms with Crippen molar-refractivity contribution < 1.29 is 0 Å². The van der Waals surface area contributed by atoms with Gasteiger partial charge in [-0.1, -0.05) is 55.8 Å². The predicted octanol–water partition coefficient (Wildman–Crippen LogP) is 5.93. The van der Waals surface area contributed by atoms with Gasteiger partial charge >= 0.3 is 0 Å². The highest BCUT2D eigenvalue weighted by atomic mass is 32.1. The molecule has 0 aliphatic carbocycles. The van der Waals surface area contributed by atoms with Crippen LogP contribution in [0.3, 0.4) is 0 Å². The fourth-order valence-electron chi connectivity index (χ4n) is 1.68. The molecule has 0 bridgehead atoms. The number of aromatic nitrogens is 1. The summed E-state index contributed by atoms with van der Waals surface area (Å²) >= 11 is 1.76. The Hall–Kier alpha value is -1.67. The minimum Gasteiger partial charge on any atom is -0.242 e. The standard InChI is InChI=1S/C9H9NS.C7H8.C2H6/c1-6-3-4-8-9(5-6)11-7(2)10-8;1-7-5-3-2-4-6-7;1-2/h3-5H,1-2H3;2-6H,1H3;1-2H3. The van der Waals surface area contributed by atoms with E-state index in [9.17, 15) is 0 Å². The summed E-state index contributed by atoms with van der Waals surface area (Å²) in [7, 11) is 0. The third-order valence-electron chi connectivity index (χ3n) is 2.59. The molecule has 0 spiro atoms. The van der Waals surface area contributed by atoms with Crippen LogP contribution in [-0.2, 0) is 0 Å². The highest BCUT2D eigenvalue weighted by Gasteiger charge is 1.98. The van der Waals surface area contributed by atoms with Gasteiger partial charge < -0.3 is 0 Å². The minimum absolute atomic E-state index is 1.12. The summed E-state index contributed by atoms with van der Waals surface area (Å²) in [5.74, 6) is 0. The Labute approximate surface area is 126 Å². The molecule has 1 heterocycles. The van der Waals surface area contributed by atoms with Crippen molar-refractivity contribution in [3.05, 3.63) is 64.7 Å². The number of rotatable bonds is 0. The summed E-state index contributed by atoms with van der Waals surface area (Å²) in [5, 5.41) is 1.14. The molecule has 0 atom stereocenters. The first-order valence-electron chi connectivity index (χ1n) is 7.00. The lowest BCUT2D eigenvalue weighted by atomic mass is 10.2. The van der Waals surface area contributed by atoms with Gasteiger partial charge in [-0.3, -0.25) is 0 Å². The summed E-state index contributed by atoms with van der Waals surface area (Å²) in [5.41, 5.74) is 3.75. The van der Waals surface area contributed by atoms with E-state index in [0.717, 1.165) is 10.5 Å². The molecular formula is C18H23NS. The summed E-state index contributed by atoms with van der Waals surface area (Å²) in [6.45, 7) is 10.2. The summed E-state index contributed by atoms with van der Waals surface area (Å²) in [4.78, 5) is 4.37. The molecule has 0 saturated heterocycles. The van der Waals surface area contributed by atoms with Crippen molar-refractivity contribution in [1.29, 1.82) is 0 Å². The topological polar surface area (TPSA) is 12.9 Å². The molecule has 2 aromatic carbocycles. The Morgan fingerprint density at radius 2 is 1.45 bits per heavy atom. The first-order chi connectivity index (χ1) is 9.65. The maximum atomic E-state index is 4.37. The number of benzene rings is 2. The van der Waals surface area contributed by atoms with Crippen LogP contribution in [0.2, 0.25) is 0 Å². The normalized spacial score (nSPS) is 9.25. The quantitative estimate of drug-likeness (QED) is 0.498. The maximum absolute atomic E-state index is 4.37. The van der Waals surface area contributed by atoms with Crippen molar-refractivity contribution in [3.8, 4) is 0 Å². The lowest BCUT2D eigenvalue weighted by molar-refractivity contribution is 1.34. The van der Waals surface area contributed by atoms with Crippen LogP contribution in [0.4, 0.5) is 0 Å². The molecule has 2 heteroatoms. The summed E-state index contributed by atoms with van der Waals surface area (Å²) in [6, 6.07) is 16.6. The van der Waals surface area contributed by atoms with E-state index in [1.54, 1.807) is 11.3 Å². The number of aryl methyl sites for hydroxylation is 3. The van der Waals surface area contributed by atoms with Gasteiger partial charge in [0, 0.05) is 0 Å². The largest absolute Gasteiger partial charge is 0.242 e. The maximum Gasteiger partial charge on any atom is 0.0907 e. The Morgan fingerprint density at radius 1 is 0.800 bits per heavy atom. The van der Waals surface area contributed by atoms with E-state index in [1.165, 1.54) is 15.8 Å². The molecule has 0 amide bonds. The highest BCUT2D eigenvalue weighted by Crippen LogP contribution is 2.21. The van der Waals surface area contributed by atoms with Crippen LogP contribution in [0.1, 0.15) is 30.0 Å². The molecule has 1 aromatic heterocycles. The lowest BCUT2D eigenvalue weighted by Crippen LogP contribution is -1.70. The third kappa shape index (κ3) is 5.14. The van der Waals surface area contributed by atoms with Gasteiger partial charge in [0.05, 0.1) is 15.2 Å². The van der Waals surface area contributed by atoms with E-state index < -0.39 is 0 Å². The average Bonchev–Trinajstić information content (AvgIpc) is 2.82. The van der Waals surface area contributed by atoms with E-state index in [-0.39, 0.29) is 0 Å². The van der Waals surface area contributed by atoms with E-state index in [0.29, 0.717) is 0 Å². The van der Waals surface area contributed by atoms with Crippen molar-refractivity contribution in [2.75, 3.05) is 0 Å². The lowest BCUT2D eigenvalue weighted by Gasteiger charge is -1.88. The van der Waals surface area contributed by atoms with Crippen molar-refractivity contribution in [2.45, 2.75) is 34.6 Å². The molecule has 1 nitrogen and oxygen atoms in total. The summed E-state index contributed by atoms with van der Waals surface area (Å²) < 4.78 is 1.29. The molecule has 0 N–H and O–H groups in total. The molecule has 20 heavy (non-hydrogen) atoms. The second kappa shape index (κ2) is 8.49. The monoisotopic (exact) mass is 285 g/mol. The predicted molar refractivity (Wildman–Crippen MR) is 91.6 cm³/mol. The van der Waals surface area contributed by atoms with Crippen LogP contribution in [0.15, 0.2) is 48.5 Å². The van der Waals surface area contributed by atoms with Gasteiger partial charge in [0.2, 0.25) is 0 Å². The molecule has 0 aliphatic rings. The van der Waals surface area contributed by atoms with Gasteiger partial charge in [0.1, 0.15) is 0 Å². The van der Waals surface area contributed by atoms with Crippen molar-refractivity contribution in [3.63, 3.8) is 0 Å². The Kier molecular flexibility index (Phi) is 6.96. The second-order valence-electron chi connectivity index (χ2n) is 4.36. The van der Waals surface area contributed by atoms with Crippen LogP contribution in [-0.4, -0.2) is 4.98 Å². The zero-order valence-electron chi connectivity index (χ0n) is 13.0. The van der Waals surface area contributed by atoms with Crippen LogP contribution in [0, 0.1) is 20.8 Å². The van der Waals surface area contributed by atoms with E-state index >= 15 is 0 Å². The molecule has 0 fully saturated rings. The Bertz CT molecular complexity index is 626. The van der Waals surface area contributed by atoms with E-state index in [2.05, 4.69) is 49.2 Å². The number of hydrogen-bond acceptors (Lipinski definition) is 2. The molecular weight excluding hydrogens is 262 g/mol. The van der Waals surface area contributed by atoms with Crippen LogP contribution < -0.4 is 0 Å². The summed E-state index contributed by atoms with van der Waals surface area (Å²) in [6.07, 6.45) is 0. The molecule has 106 valence electrons. The molecule has 0 aliphatic heterocycles. The number of nitrogens with zero attached hydrogens (tertiary/aromatic N) is 1.